The van der Waals surface area contributed by atoms with Crippen molar-refractivity contribution >= 4 is 11.7 Å². The number of hydrogen-bond donors (Lipinski definition) is 1. The number of carbonyl (C=O) groups excluding carboxylic acids is 1. The number of nitrogens with zero attached hydrogens (tertiary/aromatic N) is 2. The van der Waals surface area contributed by atoms with Crippen molar-refractivity contribution in [2.75, 3.05) is 0 Å². The lowest BCUT2D eigenvalue weighted by atomic mass is 10.1. The molecule has 0 spiro atoms. The van der Waals surface area contributed by atoms with Gasteiger partial charge in [0.25, 0.3) is 5.91 Å². The molecule has 1 aliphatic heterocycles. The van der Waals surface area contributed by atoms with Crippen LogP contribution in [0.15, 0.2) is 29.5 Å². The summed E-state index contributed by atoms with van der Waals surface area (Å²) < 4.78 is 0. The predicted molar refractivity (Wildman–Crippen MR) is 53.0 cm³/mol. The van der Waals surface area contributed by atoms with Crippen LogP contribution < -0.4 is 5.32 Å². The van der Waals surface area contributed by atoms with Gasteiger partial charge in [0.05, 0.1) is 0 Å². The maximum atomic E-state index is 11.4. The van der Waals surface area contributed by atoms with Gasteiger partial charge in [-0.2, -0.15) is 0 Å². The van der Waals surface area contributed by atoms with Crippen LogP contribution in [-0.2, 0) is 4.79 Å². The first kappa shape index (κ1) is 8.87. The largest absolute Gasteiger partial charge is 0.308 e. The van der Waals surface area contributed by atoms with E-state index in [9.17, 15) is 4.79 Å². The first-order valence-electron chi connectivity index (χ1n) is 4.41. The van der Waals surface area contributed by atoms with Gasteiger partial charge in [0.15, 0.2) is 0 Å². The molecular formula is C10H11N3O. The van der Waals surface area contributed by atoms with E-state index in [0.29, 0.717) is 5.84 Å². The highest BCUT2D eigenvalue weighted by Gasteiger charge is 2.34. The molecule has 1 aromatic rings. The molecule has 0 bridgehead atoms. The monoisotopic (exact) mass is 189 g/mol. The van der Waals surface area contributed by atoms with Gasteiger partial charge in [0, 0.05) is 18.0 Å². The average molecular weight is 189 g/mol. The maximum absolute atomic E-state index is 11.4. The van der Waals surface area contributed by atoms with Crippen molar-refractivity contribution in [1.29, 1.82) is 0 Å². The summed E-state index contributed by atoms with van der Waals surface area (Å²) in [6.45, 7) is 3.58. The Bertz CT molecular complexity index is 395. The molecule has 0 radical (unpaired) electrons. The highest BCUT2D eigenvalue weighted by Crippen LogP contribution is 2.16. The van der Waals surface area contributed by atoms with Crippen molar-refractivity contribution in [3.63, 3.8) is 0 Å². The Morgan fingerprint density at radius 2 is 1.93 bits per heavy atom. The Hall–Kier alpha value is -1.71. The molecule has 1 aromatic heterocycles. The molecule has 14 heavy (non-hydrogen) atoms. The van der Waals surface area contributed by atoms with Crippen LogP contribution in [0.5, 0.6) is 0 Å². The third kappa shape index (κ3) is 1.39. The van der Waals surface area contributed by atoms with E-state index in [1.807, 2.05) is 12.1 Å². The molecular weight excluding hydrogens is 178 g/mol. The molecule has 0 fully saturated rings. The minimum absolute atomic E-state index is 0.0655. The Balaban J connectivity index is 2.36. The quantitative estimate of drug-likeness (QED) is 0.708. The number of amidine groups is 1. The number of aromatic nitrogens is 1. The second-order valence-electron chi connectivity index (χ2n) is 3.71. The van der Waals surface area contributed by atoms with Gasteiger partial charge in [-0.3, -0.25) is 14.8 Å². The fourth-order valence-corrected chi connectivity index (χ4v) is 1.27. The van der Waals surface area contributed by atoms with E-state index in [4.69, 9.17) is 0 Å². The summed E-state index contributed by atoms with van der Waals surface area (Å²) in [5.74, 6) is 0.562. The van der Waals surface area contributed by atoms with Gasteiger partial charge in [-0.15, -0.1) is 0 Å². The van der Waals surface area contributed by atoms with E-state index in [2.05, 4.69) is 15.3 Å². The zero-order valence-corrected chi connectivity index (χ0v) is 8.11. The van der Waals surface area contributed by atoms with Gasteiger partial charge >= 0.3 is 0 Å². The molecule has 0 aromatic carbocycles. The molecule has 2 heterocycles. The SMILES string of the molecule is CC1(C)N=C(c2ccncc2)NC1=O. The van der Waals surface area contributed by atoms with E-state index in [1.54, 1.807) is 26.2 Å². The summed E-state index contributed by atoms with van der Waals surface area (Å²) in [4.78, 5) is 19.6. The first-order chi connectivity index (χ1) is 6.59. The third-order valence-corrected chi connectivity index (χ3v) is 2.13. The number of amides is 1. The molecule has 0 atom stereocenters. The van der Waals surface area contributed by atoms with Crippen molar-refractivity contribution in [3.8, 4) is 0 Å². The first-order valence-corrected chi connectivity index (χ1v) is 4.41. The lowest BCUT2D eigenvalue weighted by Crippen LogP contribution is -2.34. The van der Waals surface area contributed by atoms with Crippen LogP contribution >= 0.6 is 0 Å². The fraction of sp³-hybridized carbons (Fsp3) is 0.300. The summed E-state index contributed by atoms with van der Waals surface area (Å²) in [5.41, 5.74) is 0.234. The zero-order valence-electron chi connectivity index (χ0n) is 8.11. The van der Waals surface area contributed by atoms with Crippen molar-refractivity contribution in [2.24, 2.45) is 4.99 Å². The van der Waals surface area contributed by atoms with Crippen LogP contribution in [0.2, 0.25) is 0 Å². The molecule has 0 unspecified atom stereocenters. The summed E-state index contributed by atoms with van der Waals surface area (Å²) in [6.07, 6.45) is 3.35. The third-order valence-electron chi connectivity index (χ3n) is 2.13. The number of rotatable bonds is 1. The zero-order chi connectivity index (χ0) is 10.2. The molecule has 4 heteroatoms. The van der Waals surface area contributed by atoms with Crippen LogP contribution in [0.1, 0.15) is 19.4 Å². The van der Waals surface area contributed by atoms with Crippen LogP contribution in [-0.4, -0.2) is 22.3 Å². The van der Waals surface area contributed by atoms with Gasteiger partial charge < -0.3 is 5.32 Å². The number of pyridine rings is 1. The molecule has 0 saturated heterocycles. The Morgan fingerprint density at radius 1 is 1.29 bits per heavy atom. The minimum Gasteiger partial charge on any atom is -0.308 e. The molecule has 1 amide bonds. The van der Waals surface area contributed by atoms with E-state index >= 15 is 0 Å². The summed E-state index contributed by atoms with van der Waals surface area (Å²) in [7, 11) is 0. The molecule has 72 valence electrons. The van der Waals surface area contributed by atoms with E-state index < -0.39 is 5.54 Å². The molecule has 2 rings (SSSR count). The molecule has 4 nitrogen and oxygen atoms in total. The average Bonchev–Trinajstić information content (AvgIpc) is 2.43. The van der Waals surface area contributed by atoms with Gasteiger partial charge in [-0.05, 0) is 26.0 Å². The van der Waals surface area contributed by atoms with Crippen LogP contribution in [0, 0.1) is 0 Å². The van der Waals surface area contributed by atoms with Gasteiger partial charge in [-0.25, -0.2) is 0 Å². The van der Waals surface area contributed by atoms with Crippen LogP contribution in [0.4, 0.5) is 0 Å². The summed E-state index contributed by atoms with van der Waals surface area (Å²) in [6, 6.07) is 3.64. The molecule has 1 N–H and O–H groups in total. The number of nitrogens with one attached hydrogen (secondary N) is 1. The number of hydrogen-bond acceptors (Lipinski definition) is 3. The van der Waals surface area contributed by atoms with Crippen LogP contribution in [0.3, 0.4) is 0 Å². The Labute approximate surface area is 82.1 Å². The van der Waals surface area contributed by atoms with Gasteiger partial charge in [0.2, 0.25) is 0 Å². The topological polar surface area (TPSA) is 54.4 Å². The standard InChI is InChI=1S/C10H11N3O/c1-10(2)9(14)12-8(13-10)7-3-5-11-6-4-7/h3-6H,1-2H3,(H,12,13,14). The normalized spacial score (nSPS) is 19.0. The van der Waals surface area contributed by atoms with Crippen molar-refractivity contribution < 1.29 is 4.79 Å². The summed E-state index contributed by atoms with van der Waals surface area (Å²) in [5, 5.41) is 2.74. The molecule has 0 aliphatic carbocycles. The van der Waals surface area contributed by atoms with E-state index in [0.717, 1.165) is 5.56 Å². The number of carbonyl (C=O) groups is 1. The maximum Gasteiger partial charge on any atom is 0.252 e. The highest BCUT2D eigenvalue weighted by molar-refractivity contribution is 6.14. The van der Waals surface area contributed by atoms with E-state index in [-0.39, 0.29) is 5.91 Å². The second kappa shape index (κ2) is 2.90. The Kier molecular flexibility index (Phi) is 1.84. The van der Waals surface area contributed by atoms with Gasteiger partial charge in [0.1, 0.15) is 11.4 Å². The fourth-order valence-electron chi connectivity index (χ4n) is 1.27. The summed E-state index contributed by atoms with van der Waals surface area (Å²) >= 11 is 0. The number of aliphatic imine (C=N–C) groups is 1. The predicted octanol–water partition coefficient (Wildman–Crippen LogP) is 0.737. The van der Waals surface area contributed by atoms with Gasteiger partial charge in [-0.1, -0.05) is 0 Å². The molecule has 0 saturated carbocycles. The van der Waals surface area contributed by atoms with Crippen molar-refractivity contribution in [1.82, 2.24) is 10.3 Å². The smallest absolute Gasteiger partial charge is 0.252 e. The second-order valence-corrected chi connectivity index (χ2v) is 3.71. The van der Waals surface area contributed by atoms with Crippen molar-refractivity contribution in [2.45, 2.75) is 19.4 Å². The Morgan fingerprint density at radius 3 is 2.43 bits per heavy atom. The highest BCUT2D eigenvalue weighted by atomic mass is 16.2. The van der Waals surface area contributed by atoms with Crippen molar-refractivity contribution in [3.05, 3.63) is 30.1 Å². The molecule has 1 aliphatic rings. The van der Waals surface area contributed by atoms with Crippen LogP contribution in [0.25, 0.3) is 0 Å². The van der Waals surface area contributed by atoms with E-state index in [1.165, 1.54) is 0 Å². The minimum atomic E-state index is -0.654. The lowest BCUT2D eigenvalue weighted by Gasteiger charge is -2.07. The lowest BCUT2D eigenvalue weighted by molar-refractivity contribution is -0.122.